The van der Waals surface area contributed by atoms with Crippen LogP contribution in [0.4, 0.5) is 0 Å². The average molecular weight is 242 g/mol. The minimum absolute atomic E-state index is 0.329. The van der Waals surface area contributed by atoms with Gasteiger partial charge in [-0.2, -0.15) is 0 Å². The maximum absolute atomic E-state index is 9.43. The Balaban J connectivity index is 1.61. The summed E-state index contributed by atoms with van der Waals surface area (Å²) in [6.07, 6.45) is 6.90. The second kappa shape index (κ2) is 4.86. The molecular formula is C15H18N2O. The van der Waals surface area contributed by atoms with Gasteiger partial charge in [-0.25, -0.2) is 0 Å². The Labute approximate surface area is 107 Å². The number of nitrogens with one attached hydrogen (secondary N) is 1. The molecule has 1 heterocycles. The predicted molar refractivity (Wildman–Crippen MR) is 71.5 cm³/mol. The summed E-state index contributed by atoms with van der Waals surface area (Å²) >= 11 is 0. The molecule has 1 fully saturated rings. The molecule has 94 valence electrons. The van der Waals surface area contributed by atoms with Crippen molar-refractivity contribution in [1.82, 2.24) is 9.88 Å². The SMILES string of the molecule is Oc1cccc(Cn2ccc(CNC3CC3)c2)c1. The second-order valence-corrected chi connectivity index (χ2v) is 5.02. The highest BCUT2D eigenvalue weighted by molar-refractivity contribution is 5.27. The van der Waals surface area contributed by atoms with E-state index < -0.39 is 0 Å². The molecule has 1 aromatic heterocycles. The molecule has 0 atom stereocenters. The van der Waals surface area contributed by atoms with E-state index in [2.05, 4.69) is 28.3 Å². The summed E-state index contributed by atoms with van der Waals surface area (Å²) in [4.78, 5) is 0. The number of aromatic nitrogens is 1. The van der Waals surface area contributed by atoms with Crippen LogP contribution in [0.1, 0.15) is 24.0 Å². The van der Waals surface area contributed by atoms with Gasteiger partial charge in [0.1, 0.15) is 5.75 Å². The number of rotatable bonds is 5. The molecule has 1 aliphatic rings. The van der Waals surface area contributed by atoms with Gasteiger partial charge in [-0.3, -0.25) is 0 Å². The lowest BCUT2D eigenvalue weighted by atomic mass is 10.2. The third kappa shape index (κ3) is 2.93. The molecule has 0 amide bonds. The van der Waals surface area contributed by atoms with E-state index >= 15 is 0 Å². The van der Waals surface area contributed by atoms with Gasteiger partial charge in [0.15, 0.2) is 0 Å². The molecule has 1 saturated carbocycles. The van der Waals surface area contributed by atoms with Crippen LogP contribution in [0.25, 0.3) is 0 Å². The van der Waals surface area contributed by atoms with Gasteiger partial charge >= 0.3 is 0 Å². The van der Waals surface area contributed by atoms with Crippen molar-refractivity contribution in [2.24, 2.45) is 0 Å². The van der Waals surface area contributed by atoms with Crippen LogP contribution >= 0.6 is 0 Å². The first-order valence-corrected chi connectivity index (χ1v) is 6.45. The van der Waals surface area contributed by atoms with Crippen molar-refractivity contribution in [2.75, 3.05) is 0 Å². The molecule has 0 saturated heterocycles. The van der Waals surface area contributed by atoms with Gasteiger partial charge in [-0.1, -0.05) is 12.1 Å². The Bertz CT molecular complexity index is 529. The highest BCUT2D eigenvalue weighted by Crippen LogP contribution is 2.19. The number of phenols is 1. The van der Waals surface area contributed by atoms with Crippen molar-refractivity contribution < 1.29 is 5.11 Å². The summed E-state index contributed by atoms with van der Waals surface area (Å²) in [5.74, 6) is 0.329. The molecule has 3 rings (SSSR count). The Morgan fingerprint density at radius 2 is 2.11 bits per heavy atom. The van der Waals surface area contributed by atoms with Crippen LogP contribution in [0.15, 0.2) is 42.7 Å². The largest absolute Gasteiger partial charge is 0.508 e. The lowest BCUT2D eigenvalue weighted by Gasteiger charge is -2.04. The molecule has 3 heteroatoms. The fourth-order valence-corrected chi connectivity index (χ4v) is 2.11. The first-order chi connectivity index (χ1) is 8.79. The zero-order valence-electron chi connectivity index (χ0n) is 10.3. The standard InChI is InChI=1S/C15H18N2O/c18-15-3-1-2-12(8-15)10-17-7-6-13(11-17)9-16-14-4-5-14/h1-3,6-8,11,14,16,18H,4-5,9-10H2. The fourth-order valence-electron chi connectivity index (χ4n) is 2.11. The molecule has 0 unspecified atom stereocenters. The van der Waals surface area contributed by atoms with Crippen molar-refractivity contribution in [1.29, 1.82) is 0 Å². The van der Waals surface area contributed by atoms with Gasteiger partial charge in [0.2, 0.25) is 0 Å². The minimum Gasteiger partial charge on any atom is -0.508 e. The van der Waals surface area contributed by atoms with Crippen LogP contribution < -0.4 is 5.32 Å². The van der Waals surface area contributed by atoms with Crippen LogP contribution in [0, 0.1) is 0 Å². The molecular weight excluding hydrogens is 224 g/mol. The van der Waals surface area contributed by atoms with Gasteiger partial charge in [0.05, 0.1) is 0 Å². The monoisotopic (exact) mass is 242 g/mol. The fraction of sp³-hybridized carbons (Fsp3) is 0.333. The summed E-state index contributed by atoms with van der Waals surface area (Å²) in [6, 6.07) is 10.3. The molecule has 0 bridgehead atoms. The summed E-state index contributed by atoms with van der Waals surface area (Å²) in [5.41, 5.74) is 2.44. The molecule has 0 radical (unpaired) electrons. The third-order valence-corrected chi connectivity index (χ3v) is 3.26. The molecule has 0 spiro atoms. The van der Waals surface area contributed by atoms with E-state index in [-0.39, 0.29) is 0 Å². The maximum Gasteiger partial charge on any atom is 0.115 e. The number of hydrogen-bond acceptors (Lipinski definition) is 2. The van der Waals surface area contributed by atoms with E-state index in [1.807, 2.05) is 18.2 Å². The van der Waals surface area contributed by atoms with Crippen molar-refractivity contribution in [3.63, 3.8) is 0 Å². The number of hydrogen-bond donors (Lipinski definition) is 2. The normalized spacial score (nSPS) is 14.9. The van der Waals surface area contributed by atoms with Gasteiger partial charge in [-0.15, -0.1) is 0 Å². The number of nitrogens with zero attached hydrogens (tertiary/aromatic N) is 1. The molecule has 1 aromatic carbocycles. The van der Waals surface area contributed by atoms with E-state index in [0.717, 1.165) is 24.7 Å². The van der Waals surface area contributed by atoms with Crippen LogP contribution in [0.2, 0.25) is 0 Å². The number of phenolic OH excluding ortho intramolecular Hbond substituents is 1. The van der Waals surface area contributed by atoms with Gasteiger partial charge in [0.25, 0.3) is 0 Å². The summed E-state index contributed by atoms with van der Waals surface area (Å²) < 4.78 is 2.15. The van der Waals surface area contributed by atoms with Gasteiger partial charge < -0.3 is 15.0 Å². The summed E-state index contributed by atoms with van der Waals surface area (Å²) in [6.45, 7) is 1.76. The lowest BCUT2D eigenvalue weighted by Crippen LogP contribution is -2.14. The quantitative estimate of drug-likeness (QED) is 0.845. The zero-order chi connectivity index (χ0) is 12.4. The third-order valence-electron chi connectivity index (χ3n) is 3.26. The Kier molecular flexibility index (Phi) is 3.07. The Morgan fingerprint density at radius 1 is 1.22 bits per heavy atom. The van der Waals surface area contributed by atoms with E-state index in [1.165, 1.54) is 18.4 Å². The Morgan fingerprint density at radius 3 is 2.89 bits per heavy atom. The smallest absolute Gasteiger partial charge is 0.115 e. The number of aromatic hydroxyl groups is 1. The molecule has 2 aromatic rings. The summed E-state index contributed by atoms with van der Waals surface area (Å²) in [5, 5.41) is 12.9. The van der Waals surface area contributed by atoms with Crippen LogP contribution in [0.5, 0.6) is 5.75 Å². The Hall–Kier alpha value is -1.74. The van der Waals surface area contributed by atoms with E-state index in [1.54, 1.807) is 6.07 Å². The number of benzene rings is 1. The highest BCUT2D eigenvalue weighted by atomic mass is 16.3. The van der Waals surface area contributed by atoms with Crippen LogP contribution in [-0.4, -0.2) is 15.7 Å². The first-order valence-electron chi connectivity index (χ1n) is 6.45. The van der Waals surface area contributed by atoms with Crippen molar-refractivity contribution in [2.45, 2.75) is 32.0 Å². The average Bonchev–Trinajstić information content (AvgIpc) is 3.08. The predicted octanol–water partition coefficient (Wildman–Crippen LogP) is 2.49. The maximum atomic E-state index is 9.43. The van der Waals surface area contributed by atoms with E-state index in [4.69, 9.17) is 0 Å². The molecule has 18 heavy (non-hydrogen) atoms. The minimum atomic E-state index is 0.329. The summed E-state index contributed by atoms with van der Waals surface area (Å²) in [7, 11) is 0. The molecule has 3 nitrogen and oxygen atoms in total. The van der Waals surface area contributed by atoms with E-state index in [0.29, 0.717) is 5.75 Å². The van der Waals surface area contributed by atoms with Crippen molar-refractivity contribution in [3.8, 4) is 5.75 Å². The zero-order valence-corrected chi connectivity index (χ0v) is 10.3. The van der Waals surface area contributed by atoms with Crippen LogP contribution in [-0.2, 0) is 13.1 Å². The lowest BCUT2D eigenvalue weighted by molar-refractivity contribution is 0.474. The van der Waals surface area contributed by atoms with Gasteiger partial charge in [-0.05, 0) is 42.2 Å². The molecule has 1 aliphatic carbocycles. The molecule has 2 N–H and O–H groups in total. The van der Waals surface area contributed by atoms with Crippen LogP contribution in [0.3, 0.4) is 0 Å². The van der Waals surface area contributed by atoms with Crippen molar-refractivity contribution in [3.05, 3.63) is 53.9 Å². The topological polar surface area (TPSA) is 37.2 Å². The van der Waals surface area contributed by atoms with Gasteiger partial charge in [0, 0.05) is 31.5 Å². The molecule has 0 aliphatic heterocycles. The van der Waals surface area contributed by atoms with E-state index in [9.17, 15) is 5.11 Å². The first kappa shape index (κ1) is 11.4. The highest BCUT2D eigenvalue weighted by Gasteiger charge is 2.19. The van der Waals surface area contributed by atoms with Crippen molar-refractivity contribution >= 4 is 0 Å². The second-order valence-electron chi connectivity index (χ2n) is 5.02.